The van der Waals surface area contributed by atoms with E-state index in [1.807, 2.05) is 24.3 Å². The van der Waals surface area contributed by atoms with Crippen LogP contribution in [0.4, 0.5) is 0 Å². The molecule has 0 spiro atoms. The molecule has 2 atom stereocenters. The topological polar surface area (TPSA) is 72.8 Å². The van der Waals surface area contributed by atoms with Crippen molar-refractivity contribution in [2.45, 2.75) is 11.7 Å². The highest BCUT2D eigenvalue weighted by Gasteiger charge is 2.55. The number of aliphatic hydroxyl groups excluding tert-OH is 1. The molecule has 0 aromatic heterocycles. The first-order valence-electron chi connectivity index (χ1n) is 7.28. The number of aliphatic hydroxyl groups is 1. The highest BCUT2D eigenvalue weighted by atomic mass is 35.5. The number of carbonyl (C=O) groups is 2. The Morgan fingerprint density at radius 3 is 2.04 bits per heavy atom. The maximum atomic E-state index is 12.2. The second kappa shape index (κ2) is 6.26. The summed E-state index contributed by atoms with van der Waals surface area (Å²) >= 11 is 5.89. The third-order valence-corrected chi connectivity index (χ3v) is 4.48. The molecule has 6 heteroatoms. The summed E-state index contributed by atoms with van der Waals surface area (Å²) in [6.45, 7) is 0. The van der Waals surface area contributed by atoms with Crippen molar-refractivity contribution >= 4 is 23.4 Å². The number of hydrogen-bond acceptors (Lipinski definition) is 5. The van der Waals surface area contributed by atoms with E-state index in [-0.39, 0.29) is 5.88 Å². The third-order valence-electron chi connectivity index (χ3n) is 4.11. The first-order chi connectivity index (χ1) is 11.5. The predicted molar refractivity (Wildman–Crippen MR) is 87.9 cm³/mol. The molecule has 1 heterocycles. The third kappa shape index (κ3) is 2.56. The molecule has 0 amide bonds. The van der Waals surface area contributed by atoms with E-state index in [0.29, 0.717) is 5.56 Å². The number of ketones is 1. The molecule has 2 unspecified atom stereocenters. The van der Waals surface area contributed by atoms with E-state index >= 15 is 0 Å². The average Bonchev–Trinajstić information content (AvgIpc) is 2.86. The highest BCUT2D eigenvalue weighted by Crippen LogP contribution is 2.36. The molecule has 0 bridgehead atoms. The summed E-state index contributed by atoms with van der Waals surface area (Å²) in [6, 6.07) is 14.5. The van der Waals surface area contributed by atoms with E-state index in [0.717, 1.165) is 16.9 Å². The number of alkyl halides is 1. The lowest BCUT2D eigenvalue weighted by Gasteiger charge is -2.23. The van der Waals surface area contributed by atoms with Gasteiger partial charge in [0.05, 0.1) is 13.0 Å². The fourth-order valence-corrected chi connectivity index (χ4v) is 3.03. The van der Waals surface area contributed by atoms with Crippen LogP contribution in [-0.4, -0.2) is 36.0 Å². The van der Waals surface area contributed by atoms with Gasteiger partial charge >= 0.3 is 5.97 Å². The number of hydrogen-bond donors (Lipinski definition) is 1. The summed E-state index contributed by atoms with van der Waals surface area (Å²) in [6.07, 6.45) is -1.79. The molecule has 5 nitrogen and oxygen atoms in total. The Bertz CT molecular complexity index is 769. The SMILES string of the molecule is COc1ccc(-c2ccc(C3(CCl)OC(=O)C(O)C3=O)cc2)cc1. The largest absolute Gasteiger partial charge is 0.497 e. The van der Waals surface area contributed by atoms with Crippen molar-refractivity contribution in [2.75, 3.05) is 13.0 Å². The van der Waals surface area contributed by atoms with Crippen LogP contribution in [0.3, 0.4) is 0 Å². The number of carbonyl (C=O) groups excluding carboxylic acids is 2. The fraction of sp³-hybridized carbons (Fsp3) is 0.222. The molecule has 1 aliphatic rings. The molecule has 2 aromatic carbocycles. The molecule has 1 fully saturated rings. The number of ether oxygens (including phenoxy) is 2. The summed E-state index contributed by atoms with van der Waals surface area (Å²) in [4.78, 5) is 23.7. The predicted octanol–water partition coefficient (Wildman–Crippen LogP) is 2.28. The summed E-state index contributed by atoms with van der Waals surface area (Å²) in [5.74, 6) is -1.20. The van der Waals surface area contributed by atoms with E-state index in [9.17, 15) is 14.7 Å². The van der Waals surface area contributed by atoms with Crippen LogP contribution in [0.25, 0.3) is 11.1 Å². The quantitative estimate of drug-likeness (QED) is 0.522. The molecule has 1 aliphatic heterocycles. The van der Waals surface area contributed by atoms with Crippen molar-refractivity contribution in [3.63, 3.8) is 0 Å². The molecule has 124 valence electrons. The first kappa shape index (κ1) is 16.5. The number of rotatable bonds is 4. The molecule has 0 aliphatic carbocycles. The zero-order valence-electron chi connectivity index (χ0n) is 12.9. The normalized spacial score (nSPS) is 23.2. The van der Waals surface area contributed by atoms with Gasteiger partial charge < -0.3 is 14.6 Å². The van der Waals surface area contributed by atoms with Crippen molar-refractivity contribution in [1.82, 2.24) is 0 Å². The Morgan fingerprint density at radius 1 is 1.08 bits per heavy atom. The Kier molecular flexibility index (Phi) is 4.30. The number of methoxy groups -OCH3 is 1. The fourth-order valence-electron chi connectivity index (χ4n) is 2.69. The van der Waals surface area contributed by atoms with Gasteiger partial charge in [0.15, 0.2) is 0 Å². The van der Waals surface area contributed by atoms with E-state index < -0.39 is 23.5 Å². The Labute approximate surface area is 143 Å². The van der Waals surface area contributed by atoms with Crippen molar-refractivity contribution < 1.29 is 24.2 Å². The molecule has 2 aromatic rings. The Hall–Kier alpha value is -2.37. The van der Waals surface area contributed by atoms with Crippen LogP contribution in [0.5, 0.6) is 5.75 Å². The minimum atomic E-state index is -1.79. The van der Waals surface area contributed by atoms with Gasteiger partial charge in [0.1, 0.15) is 5.75 Å². The van der Waals surface area contributed by atoms with Gasteiger partial charge in [0.25, 0.3) is 0 Å². The molecule has 3 rings (SSSR count). The lowest BCUT2D eigenvalue weighted by Crippen LogP contribution is -2.38. The van der Waals surface area contributed by atoms with Gasteiger partial charge in [-0.2, -0.15) is 0 Å². The Balaban J connectivity index is 1.93. The van der Waals surface area contributed by atoms with E-state index in [1.165, 1.54) is 0 Å². The molecule has 0 saturated carbocycles. The number of halogens is 1. The van der Waals surface area contributed by atoms with Gasteiger partial charge in [-0.3, -0.25) is 4.79 Å². The number of esters is 1. The molecular formula is C18H15ClO5. The second-order valence-electron chi connectivity index (χ2n) is 5.45. The van der Waals surface area contributed by atoms with Crippen molar-refractivity contribution in [2.24, 2.45) is 0 Å². The van der Waals surface area contributed by atoms with Gasteiger partial charge in [0, 0.05) is 5.56 Å². The van der Waals surface area contributed by atoms with Crippen molar-refractivity contribution in [3.8, 4) is 16.9 Å². The number of benzene rings is 2. The minimum Gasteiger partial charge on any atom is -0.497 e. The minimum absolute atomic E-state index is 0.253. The van der Waals surface area contributed by atoms with Gasteiger partial charge in [0.2, 0.25) is 17.5 Å². The maximum Gasteiger partial charge on any atom is 0.344 e. The standard InChI is InChI=1S/C18H15ClO5/c1-23-14-8-4-12(5-9-14)11-2-6-13(7-3-11)18(10-19)16(21)15(20)17(22)24-18/h2-9,15,20H,10H2,1H3. The van der Waals surface area contributed by atoms with E-state index in [4.69, 9.17) is 21.1 Å². The van der Waals surface area contributed by atoms with Crippen LogP contribution in [0.1, 0.15) is 5.56 Å². The van der Waals surface area contributed by atoms with Gasteiger partial charge in [-0.15, -0.1) is 11.6 Å². The molecule has 1 N–H and O–H groups in total. The highest BCUT2D eigenvalue weighted by molar-refractivity contribution is 6.23. The van der Waals surface area contributed by atoms with Crippen molar-refractivity contribution in [3.05, 3.63) is 54.1 Å². The van der Waals surface area contributed by atoms with Crippen LogP contribution in [0.15, 0.2) is 48.5 Å². The van der Waals surface area contributed by atoms with Gasteiger partial charge in [-0.25, -0.2) is 4.79 Å². The van der Waals surface area contributed by atoms with Crippen LogP contribution < -0.4 is 4.74 Å². The van der Waals surface area contributed by atoms with E-state index in [1.54, 1.807) is 31.4 Å². The van der Waals surface area contributed by atoms with Gasteiger partial charge in [-0.05, 0) is 23.3 Å². The molecule has 1 saturated heterocycles. The van der Waals surface area contributed by atoms with Crippen LogP contribution >= 0.6 is 11.6 Å². The molecule has 0 radical (unpaired) electrons. The van der Waals surface area contributed by atoms with E-state index in [2.05, 4.69) is 0 Å². The van der Waals surface area contributed by atoms with Gasteiger partial charge in [-0.1, -0.05) is 36.4 Å². The van der Waals surface area contributed by atoms with Crippen LogP contribution in [0.2, 0.25) is 0 Å². The summed E-state index contributed by atoms with van der Waals surface area (Å²) in [5.41, 5.74) is 0.696. The first-order valence-corrected chi connectivity index (χ1v) is 7.81. The Morgan fingerprint density at radius 2 is 1.62 bits per heavy atom. The van der Waals surface area contributed by atoms with Crippen LogP contribution in [-0.2, 0) is 19.9 Å². The number of Topliss-reactive ketones (excluding diaryl/α,β-unsaturated/α-hetero) is 1. The zero-order chi connectivity index (χ0) is 17.3. The summed E-state index contributed by atoms with van der Waals surface area (Å²) in [7, 11) is 1.60. The summed E-state index contributed by atoms with van der Waals surface area (Å²) in [5, 5.41) is 9.58. The average molecular weight is 347 g/mol. The molecule has 24 heavy (non-hydrogen) atoms. The summed E-state index contributed by atoms with van der Waals surface area (Å²) < 4.78 is 10.2. The zero-order valence-corrected chi connectivity index (χ0v) is 13.6. The second-order valence-corrected chi connectivity index (χ2v) is 5.72. The lowest BCUT2D eigenvalue weighted by atomic mass is 9.89. The maximum absolute atomic E-state index is 12.2. The molecular weight excluding hydrogens is 332 g/mol. The monoisotopic (exact) mass is 346 g/mol. The lowest BCUT2D eigenvalue weighted by molar-refractivity contribution is -0.153. The van der Waals surface area contributed by atoms with Crippen LogP contribution in [0, 0.1) is 0 Å². The smallest absolute Gasteiger partial charge is 0.344 e. The number of cyclic esters (lactones) is 1. The van der Waals surface area contributed by atoms with Crippen molar-refractivity contribution in [1.29, 1.82) is 0 Å².